The summed E-state index contributed by atoms with van der Waals surface area (Å²) in [6, 6.07) is 7.32. The summed E-state index contributed by atoms with van der Waals surface area (Å²) < 4.78 is 1.66. The summed E-state index contributed by atoms with van der Waals surface area (Å²) in [5.41, 5.74) is 8.56. The monoisotopic (exact) mass is 320 g/mol. The van der Waals surface area contributed by atoms with Crippen LogP contribution in [0, 0.1) is 0 Å². The van der Waals surface area contributed by atoms with Gasteiger partial charge in [-0.1, -0.05) is 24.3 Å². The highest BCUT2D eigenvalue weighted by Crippen LogP contribution is 2.35. The number of nitrogens with two attached hydrogens (primary N) is 1. The van der Waals surface area contributed by atoms with Crippen molar-refractivity contribution in [3.63, 3.8) is 0 Å². The van der Waals surface area contributed by atoms with Gasteiger partial charge in [0.25, 0.3) is 0 Å². The number of rotatable bonds is 2. The minimum absolute atomic E-state index is 0.160. The zero-order valence-electron chi connectivity index (χ0n) is 12.8. The Labute approximate surface area is 137 Å². The first-order valence-electron chi connectivity index (χ1n) is 7.64. The second-order valence-corrected chi connectivity index (χ2v) is 5.85. The molecule has 0 radical (unpaired) electrons. The SMILES string of the molecule is Nc1cc(=O)c(O)cn1C1=CC=CC(c2cccc3[nH]ncc23)C1. The fourth-order valence-corrected chi connectivity index (χ4v) is 3.16. The maximum absolute atomic E-state index is 11.5. The Morgan fingerprint density at radius 3 is 3.12 bits per heavy atom. The summed E-state index contributed by atoms with van der Waals surface area (Å²) >= 11 is 0. The molecule has 0 saturated carbocycles. The first-order valence-corrected chi connectivity index (χ1v) is 7.64. The Hall–Kier alpha value is -3.28. The fraction of sp³-hybridized carbons (Fsp3) is 0.111. The average Bonchev–Trinajstić information content (AvgIpc) is 3.07. The van der Waals surface area contributed by atoms with E-state index in [0.717, 1.165) is 16.6 Å². The number of allylic oxidation sites excluding steroid dienone is 4. The van der Waals surface area contributed by atoms with Crippen LogP contribution in [-0.2, 0) is 0 Å². The fourth-order valence-electron chi connectivity index (χ4n) is 3.16. The minimum Gasteiger partial charge on any atom is -0.503 e. The topological polar surface area (TPSA) is 96.9 Å². The van der Waals surface area contributed by atoms with Gasteiger partial charge in [0.15, 0.2) is 5.75 Å². The molecule has 1 aromatic carbocycles. The van der Waals surface area contributed by atoms with E-state index >= 15 is 0 Å². The molecular formula is C18H16N4O2. The molecule has 0 spiro atoms. The lowest BCUT2D eigenvalue weighted by Crippen LogP contribution is -2.13. The Kier molecular flexibility index (Phi) is 3.23. The van der Waals surface area contributed by atoms with Crippen molar-refractivity contribution in [1.82, 2.24) is 14.8 Å². The van der Waals surface area contributed by atoms with Gasteiger partial charge in [-0.15, -0.1) is 0 Å². The number of fused-ring (bicyclic) bond motifs is 1. The Balaban J connectivity index is 1.74. The van der Waals surface area contributed by atoms with Crippen molar-refractivity contribution in [2.75, 3.05) is 5.73 Å². The first-order chi connectivity index (χ1) is 11.6. The molecule has 1 atom stereocenters. The number of hydrogen-bond acceptors (Lipinski definition) is 4. The number of anilines is 1. The number of aromatic hydroxyl groups is 1. The van der Waals surface area contributed by atoms with Crippen LogP contribution in [0.1, 0.15) is 17.9 Å². The van der Waals surface area contributed by atoms with E-state index in [1.807, 2.05) is 30.5 Å². The van der Waals surface area contributed by atoms with E-state index in [1.54, 1.807) is 4.57 Å². The standard InChI is InChI=1S/C18H16N4O2/c19-18-8-16(23)17(24)10-22(18)12-4-1-3-11(7-12)13-5-2-6-15-14(13)9-20-21-15/h1-6,8-11,24H,7,19H2,(H,20,21). The maximum atomic E-state index is 11.5. The lowest BCUT2D eigenvalue weighted by atomic mass is 9.89. The molecule has 2 heterocycles. The van der Waals surface area contributed by atoms with E-state index in [1.165, 1.54) is 17.8 Å². The highest BCUT2D eigenvalue weighted by atomic mass is 16.3. The van der Waals surface area contributed by atoms with Crippen LogP contribution >= 0.6 is 0 Å². The summed E-state index contributed by atoms with van der Waals surface area (Å²) in [7, 11) is 0. The molecule has 0 fully saturated rings. The number of nitrogens with one attached hydrogen (secondary N) is 1. The third-order valence-corrected chi connectivity index (χ3v) is 4.35. The predicted octanol–water partition coefficient (Wildman–Crippen LogP) is 2.60. The third kappa shape index (κ3) is 2.28. The molecule has 0 bridgehead atoms. The molecule has 2 aromatic heterocycles. The van der Waals surface area contributed by atoms with Crippen molar-refractivity contribution in [2.45, 2.75) is 12.3 Å². The van der Waals surface area contributed by atoms with Crippen molar-refractivity contribution in [2.24, 2.45) is 0 Å². The second kappa shape index (κ2) is 5.42. The largest absolute Gasteiger partial charge is 0.503 e. The summed E-state index contributed by atoms with van der Waals surface area (Å²) in [6.45, 7) is 0. The number of nitrogen functional groups attached to an aromatic ring is 1. The first kappa shape index (κ1) is 14.3. The van der Waals surface area contributed by atoms with Gasteiger partial charge in [0.05, 0.1) is 17.9 Å². The van der Waals surface area contributed by atoms with Crippen LogP contribution in [0.15, 0.2) is 59.7 Å². The van der Waals surface area contributed by atoms with Crippen LogP contribution in [0.4, 0.5) is 5.82 Å². The van der Waals surface area contributed by atoms with Crippen LogP contribution in [0.25, 0.3) is 16.6 Å². The van der Waals surface area contributed by atoms with Crippen LogP contribution < -0.4 is 11.2 Å². The number of aromatic nitrogens is 3. The van der Waals surface area contributed by atoms with Crippen LogP contribution in [0.5, 0.6) is 5.75 Å². The number of nitrogens with zero attached hydrogens (tertiary/aromatic N) is 2. The van der Waals surface area contributed by atoms with Crippen molar-refractivity contribution in [3.05, 3.63) is 70.7 Å². The number of benzene rings is 1. The molecular weight excluding hydrogens is 304 g/mol. The summed E-state index contributed by atoms with van der Waals surface area (Å²) in [6.07, 6.45) is 9.94. The number of H-pyrrole nitrogens is 1. The molecule has 6 nitrogen and oxygen atoms in total. The molecule has 24 heavy (non-hydrogen) atoms. The highest BCUT2D eigenvalue weighted by molar-refractivity contribution is 5.83. The minimum atomic E-state index is -0.476. The van der Waals surface area contributed by atoms with E-state index in [4.69, 9.17) is 5.73 Å². The van der Waals surface area contributed by atoms with Crippen molar-refractivity contribution in [3.8, 4) is 5.75 Å². The molecule has 3 aromatic rings. The van der Waals surface area contributed by atoms with Crippen LogP contribution in [-0.4, -0.2) is 19.9 Å². The van der Waals surface area contributed by atoms with Crippen molar-refractivity contribution in [1.29, 1.82) is 0 Å². The summed E-state index contributed by atoms with van der Waals surface area (Å²) in [4.78, 5) is 11.5. The summed E-state index contributed by atoms with van der Waals surface area (Å²) in [5.74, 6) is 0.153. The Morgan fingerprint density at radius 1 is 1.38 bits per heavy atom. The Morgan fingerprint density at radius 2 is 2.25 bits per heavy atom. The molecule has 1 unspecified atom stereocenters. The molecule has 4 N–H and O–H groups in total. The zero-order valence-corrected chi connectivity index (χ0v) is 12.8. The quantitative estimate of drug-likeness (QED) is 0.676. The molecule has 1 aliphatic rings. The molecule has 0 saturated heterocycles. The predicted molar refractivity (Wildman–Crippen MR) is 93.6 cm³/mol. The third-order valence-electron chi connectivity index (χ3n) is 4.35. The molecule has 4 rings (SSSR count). The van der Waals surface area contributed by atoms with Gasteiger partial charge in [-0.3, -0.25) is 9.89 Å². The lowest BCUT2D eigenvalue weighted by molar-refractivity contribution is 0.465. The van der Waals surface area contributed by atoms with E-state index in [-0.39, 0.29) is 11.7 Å². The van der Waals surface area contributed by atoms with Gasteiger partial charge in [-0.05, 0) is 24.1 Å². The van der Waals surface area contributed by atoms with E-state index in [2.05, 4.69) is 22.3 Å². The van der Waals surface area contributed by atoms with E-state index in [0.29, 0.717) is 12.2 Å². The normalized spacial score (nSPS) is 17.2. The van der Waals surface area contributed by atoms with Crippen LogP contribution in [0.3, 0.4) is 0 Å². The average molecular weight is 320 g/mol. The molecule has 1 aliphatic carbocycles. The highest BCUT2D eigenvalue weighted by Gasteiger charge is 2.18. The number of pyridine rings is 1. The molecule has 0 aliphatic heterocycles. The van der Waals surface area contributed by atoms with Crippen LogP contribution in [0.2, 0.25) is 0 Å². The molecule has 120 valence electrons. The molecule has 6 heteroatoms. The van der Waals surface area contributed by atoms with Gasteiger partial charge in [0.1, 0.15) is 5.82 Å². The van der Waals surface area contributed by atoms with E-state index < -0.39 is 5.43 Å². The smallest absolute Gasteiger partial charge is 0.225 e. The van der Waals surface area contributed by atoms with Gasteiger partial charge in [-0.25, -0.2) is 0 Å². The Bertz CT molecular complexity index is 1040. The zero-order chi connectivity index (χ0) is 16.7. The maximum Gasteiger partial charge on any atom is 0.225 e. The van der Waals surface area contributed by atoms with Crippen molar-refractivity contribution < 1.29 is 5.11 Å². The van der Waals surface area contributed by atoms with Gasteiger partial charge < -0.3 is 15.4 Å². The molecule has 0 amide bonds. The van der Waals surface area contributed by atoms with Gasteiger partial charge in [-0.2, -0.15) is 5.10 Å². The van der Waals surface area contributed by atoms with Crippen molar-refractivity contribution >= 4 is 22.4 Å². The van der Waals surface area contributed by atoms with Gasteiger partial charge >= 0.3 is 0 Å². The summed E-state index contributed by atoms with van der Waals surface area (Å²) in [5, 5.41) is 17.9. The second-order valence-electron chi connectivity index (χ2n) is 5.85. The van der Waals surface area contributed by atoms with Gasteiger partial charge in [0, 0.05) is 23.1 Å². The van der Waals surface area contributed by atoms with Gasteiger partial charge in [0.2, 0.25) is 5.43 Å². The number of hydrogen-bond donors (Lipinski definition) is 3. The lowest BCUT2D eigenvalue weighted by Gasteiger charge is -2.22. The van der Waals surface area contributed by atoms with E-state index in [9.17, 15) is 9.90 Å². The number of aromatic amines is 1.